The molecule has 0 heterocycles. The number of hydrogen-bond donors (Lipinski definition) is 0. The molecule has 0 saturated carbocycles. The minimum atomic E-state index is -0.211. The number of rotatable bonds is 2. The van der Waals surface area contributed by atoms with E-state index in [9.17, 15) is 4.39 Å². The summed E-state index contributed by atoms with van der Waals surface area (Å²) in [5.41, 5.74) is 2.08. The monoisotopic (exact) mass is 242 g/mol. The lowest BCUT2D eigenvalue weighted by Crippen LogP contribution is -1.94. The lowest BCUT2D eigenvalue weighted by Gasteiger charge is -2.11. The third-order valence-electron chi connectivity index (χ3n) is 2.15. The van der Waals surface area contributed by atoms with Crippen molar-refractivity contribution in [2.45, 2.75) is 19.8 Å². The quantitative estimate of drug-likeness (QED) is 0.683. The Hall–Kier alpha value is -0.630. The van der Waals surface area contributed by atoms with Crippen LogP contribution in [0, 0.1) is 12.7 Å². The SMILES string of the molecule is C=CC(C)c1cc(Br)c(F)cc1C. The zero-order valence-electron chi connectivity index (χ0n) is 7.77. The van der Waals surface area contributed by atoms with Gasteiger partial charge < -0.3 is 0 Å². The highest BCUT2D eigenvalue weighted by molar-refractivity contribution is 9.10. The zero-order valence-corrected chi connectivity index (χ0v) is 9.36. The topological polar surface area (TPSA) is 0 Å². The van der Waals surface area contributed by atoms with Gasteiger partial charge >= 0.3 is 0 Å². The average molecular weight is 243 g/mol. The second-order valence-corrected chi connectivity index (χ2v) is 4.00. The van der Waals surface area contributed by atoms with E-state index in [4.69, 9.17) is 0 Å². The van der Waals surface area contributed by atoms with Crippen LogP contribution in [0.3, 0.4) is 0 Å². The van der Waals surface area contributed by atoms with E-state index < -0.39 is 0 Å². The number of benzene rings is 1. The van der Waals surface area contributed by atoms with E-state index in [2.05, 4.69) is 22.5 Å². The first-order chi connectivity index (χ1) is 6.06. The van der Waals surface area contributed by atoms with Gasteiger partial charge in [-0.25, -0.2) is 4.39 Å². The van der Waals surface area contributed by atoms with Crippen molar-refractivity contribution in [3.8, 4) is 0 Å². The molecular weight excluding hydrogens is 231 g/mol. The van der Waals surface area contributed by atoms with Crippen molar-refractivity contribution >= 4 is 15.9 Å². The molecule has 0 aliphatic carbocycles. The summed E-state index contributed by atoms with van der Waals surface area (Å²) in [7, 11) is 0. The van der Waals surface area contributed by atoms with E-state index in [0.29, 0.717) is 4.47 Å². The smallest absolute Gasteiger partial charge is 0.137 e. The van der Waals surface area contributed by atoms with Gasteiger partial charge in [0.05, 0.1) is 4.47 Å². The van der Waals surface area contributed by atoms with Gasteiger partial charge in [0.25, 0.3) is 0 Å². The summed E-state index contributed by atoms with van der Waals surface area (Å²) >= 11 is 3.17. The highest BCUT2D eigenvalue weighted by Gasteiger charge is 2.08. The highest BCUT2D eigenvalue weighted by atomic mass is 79.9. The first-order valence-electron chi connectivity index (χ1n) is 4.14. The number of hydrogen-bond acceptors (Lipinski definition) is 0. The molecule has 70 valence electrons. The number of halogens is 2. The summed E-state index contributed by atoms with van der Waals surface area (Å²) in [6.07, 6.45) is 1.85. The normalized spacial score (nSPS) is 12.6. The van der Waals surface area contributed by atoms with Crippen LogP contribution in [0.15, 0.2) is 29.3 Å². The summed E-state index contributed by atoms with van der Waals surface area (Å²) in [5, 5.41) is 0. The van der Waals surface area contributed by atoms with Gasteiger partial charge in [-0.1, -0.05) is 13.0 Å². The van der Waals surface area contributed by atoms with Gasteiger partial charge in [0, 0.05) is 0 Å². The van der Waals surface area contributed by atoms with Crippen molar-refractivity contribution in [1.82, 2.24) is 0 Å². The molecule has 1 aromatic rings. The Kier molecular flexibility index (Phi) is 3.26. The van der Waals surface area contributed by atoms with Crippen molar-refractivity contribution in [3.05, 3.63) is 46.2 Å². The molecule has 13 heavy (non-hydrogen) atoms. The largest absolute Gasteiger partial charge is 0.206 e. The summed E-state index contributed by atoms with van der Waals surface area (Å²) in [4.78, 5) is 0. The Balaban J connectivity index is 3.22. The Labute approximate surface area is 86.6 Å². The maximum atomic E-state index is 13.1. The lowest BCUT2D eigenvalue weighted by atomic mass is 9.97. The molecule has 0 amide bonds. The highest BCUT2D eigenvalue weighted by Crippen LogP contribution is 2.26. The van der Waals surface area contributed by atoms with E-state index in [1.807, 2.05) is 26.0 Å². The van der Waals surface area contributed by atoms with E-state index in [1.54, 1.807) is 6.07 Å². The molecule has 0 aliphatic rings. The van der Waals surface area contributed by atoms with Gasteiger partial charge in [-0.3, -0.25) is 0 Å². The third-order valence-corrected chi connectivity index (χ3v) is 2.76. The first kappa shape index (κ1) is 10.5. The van der Waals surface area contributed by atoms with Crippen molar-refractivity contribution in [3.63, 3.8) is 0 Å². The molecule has 0 fully saturated rings. The van der Waals surface area contributed by atoms with Crippen molar-refractivity contribution in [2.75, 3.05) is 0 Å². The van der Waals surface area contributed by atoms with Crippen LogP contribution < -0.4 is 0 Å². The maximum Gasteiger partial charge on any atom is 0.137 e. The molecule has 0 aliphatic heterocycles. The second kappa shape index (κ2) is 4.05. The van der Waals surface area contributed by atoms with Crippen LogP contribution in [-0.4, -0.2) is 0 Å². The Morgan fingerprint density at radius 1 is 1.54 bits per heavy atom. The fraction of sp³-hybridized carbons (Fsp3) is 0.273. The summed E-state index contributed by atoms with van der Waals surface area (Å²) in [6.45, 7) is 7.67. The molecule has 0 N–H and O–H groups in total. The van der Waals surface area contributed by atoms with Crippen LogP contribution in [-0.2, 0) is 0 Å². The van der Waals surface area contributed by atoms with Crippen LogP contribution in [0.1, 0.15) is 24.0 Å². The summed E-state index contributed by atoms with van der Waals surface area (Å²) in [6, 6.07) is 3.36. The molecule has 0 saturated heterocycles. The lowest BCUT2D eigenvalue weighted by molar-refractivity contribution is 0.618. The van der Waals surface area contributed by atoms with Crippen LogP contribution in [0.4, 0.5) is 4.39 Å². The Morgan fingerprint density at radius 2 is 2.15 bits per heavy atom. The molecule has 2 heteroatoms. The van der Waals surface area contributed by atoms with E-state index in [0.717, 1.165) is 11.1 Å². The second-order valence-electron chi connectivity index (χ2n) is 3.15. The predicted molar refractivity (Wildman–Crippen MR) is 57.4 cm³/mol. The molecule has 0 radical (unpaired) electrons. The van der Waals surface area contributed by atoms with Gasteiger partial charge in [0.2, 0.25) is 0 Å². The van der Waals surface area contributed by atoms with Gasteiger partial charge in [-0.2, -0.15) is 0 Å². The first-order valence-corrected chi connectivity index (χ1v) is 4.93. The van der Waals surface area contributed by atoms with Crippen molar-refractivity contribution in [2.24, 2.45) is 0 Å². The minimum Gasteiger partial charge on any atom is -0.206 e. The predicted octanol–water partition coefficient (Wildman–Crippen LogP) is 4.19. The summed E-state index contributed by atoms with van der Waals surface area (Å²) < 4.78 is 13.6. The van der Waals surface area contributed by atoms with Crippen LogP contribution in [0.2, 0.25) is 0 Å². The van der Waals surface area contributed by atoms with Crippen LogP contribution in [0.25, 0.3) is 0 Å². The fourth-order valence-electron chi connectivity index (χ4n) is 1.28. The average Bonchev–Trinajstić information content (AvgIpc) is 2.10. The minimum absolute atomic E-state index is 0.211. The maximum absolute atomic E-state index is 13.1. The zero-order chi connectivity index (χ0) is 10.0. The molecule has 1 unspecified atom stereocenters. The molecule has 0 nitrogen and oxygen atoms in total. The fourth-order valence-corrected chi connectivity index (χ4v) is 1.64. The molecular formula is C11H12BrF. The van der Waals surface area contributed by atoms with Crippen LogP contribution in [0.5, 0.6) is 0 Å². The molecule has 1 aromatic carbocycles. The van der Waals surface area contributed by atoms with Gasteiger partial charge in [0.15, 0.2) is 0 Å². The van der Waals surface area contributed by atoms with Gasteiger partial charge in [0.1, 0.15) is 5.82 Å². The standard InChI is InChI=1S/C11H12BrF/c1-4-7(2)9-6-10(12)11(13)5-8(9)3/h4-7H,1H2,2-3H3. The Morgan fingerprint density at radius 3 is 2.69 bits per heavy atom. The molecule has 1 atom stereocenters. The van der Waals surface area contributed by atoms with Crippen LogP contribution >= 0.6 is 15.9 Å². The molecule has 1 rings (SSSR count). The van der Waals surface area contributed by atoms with Crippen molar-refractivity contribution in [1.29, 1.82) is 0 Å². The number of allylic oxidation sites excluding steroid dienone is 1. The van der Waals surface area contributed by atoms with E-state index in [1.165, 1.54) is 0 Å². The molecule has 0 spiro atoms. The van der Waals surface area contributed by atoms with E-state index in [-0.39, 0.29) is 11.7 Å². The van der Waals surface area contributed by atoms with Crippen molar-refractivity contribution < 1.29 is 4.39 Å². The third kappa shape index (κ3) is 2.19. The Bertz CT molecular complexity index is 331. The van der Waals surface area contributed by atoms with Gasteiger partial charge in [-0.05, 0) is 52.0 Å². The summed E-state index contributed by atoms with van der Waals surface area (Å²) in [5.74, 6) is 0.0504. The molecule has 0 aromatic heterocycles. The van der Waals surface area contributed by atoms with Gasteiger partial charge in [-0.15, -0.1) is 6.58 Å². The van der Waals surface area contributed by atoms with E-state index >= 15 is 0 Å². The molecule has 0 bridgehead atoms. The number of aryl methyl sites for hydroxylation is 1.